The van der Waals surface area contributed by atoms with Gasteiger partial charge in [0.25, 0.3) is 5.56 Å². The van der Waals surface area contributed by atoms with Crippen molar-refractivity contribution in [2.24, 2.45) is 0 Å². The van der Waals surface area contributed by atoms with E-state index in [9.17, 15) is 9.90 Å². The summed E-state index contributed by atoms with van der Waals surface area (Å²) in [5, 5.41) is 19.5. The molecule has 8 nitrogen and oxygen atoms in total. The van der Waals surface area contributed by atoms with Crippen LogP contribution >= 0.6 is 0 Å². The van der Waals surface area contributed by atoms with Gasteiger partial charge in [0, 0.05) is 31.4 Å². The molecule has 1 atom stereocenters. The number of rotatable bonds is 4. The monoisotopic (exact) mass is 390 g/mol. The molecule has 0 aromatic carbocycles. The van der Waals surface area contributed by atoms with Crippen molar-refractivity contribution in [2.75, 3.05) is 24.5 Å². The van der Waals surface area contributed by atoms with Gasteiger partial charge in [-0.3, -0.25) is 14.7 Å². The predicted molar refractivity (Wildman–Crippen MR) is 109 cm³/mol. The largest absolute Gasteiger partial charge is 0.376 e. The minimum atomic E-state index is -0.642. The van der Waals surface area contributed by atoms with Gasteiger partial charge in [-0.15, -0.1) is 0 Å². The predicted octanol–water partition coefficient (Wildman–Crippen LogP) is 1.39. The summed E-state index contributed by atoms with van der Waals surface area (Å²) in [5.41, 5.74) is 4.32. The Labute approximate surface area is 168 Å². The van der Waals surface area contributed by atoms with Gasteiger partial charge in [-0.2, -0.15) is 5.26 Å². The molecule has 0 aliphatic carbocycles. The molecule has 1 aliphatic rings. The van der Waals surface area contributed by atoms with E-state index in [4.69, 9.17) is 5.26 Å². The average molecular weight is 390 g/mol. The Morgan fingerprint density at radius 3 is 2.83 bits per heavy atom. The van der Waals surface area contributed by atoms with E-state index in [1.54, 1.807) is 18.5 Å². The van der Waals surface area contributed by atoms with Gasteiger partial charge in [-0.05, 0) is 36.2 Å². The summed E-state index contributed by atoms with van der Waals surface area (Å²) < 4.78 is 0. The van der Waals surface area contributed by atoms with Gasteiger partial charge < -0.3 is 15.0 Å². The Bertz CT molecular complexity index is 1120. The molecule has 1 saturated heterocycles. The van der Waals surface area contributed by atoms with Crippen LogP contribution in [0.2, 0.25) is 0 Å². The van der Waals surface area contributed by atoms with E-state index in [1.165, 1.54) is 0 Å². The molecule has 2 N–H and O–H groups in total. The van der Waals surface area contributed by atoms with Gasteiger partial charge in [-0.25, -0.2) is 4.98 Å². The first-order valence-corrected chi connectivity index (χ1v) is 9.61. The fourth-order valence-corrected chi connectivity index (χ4v) is 3.61. The van der Waals surface area contributed by atoms with Crippen molar-refractivity contribution in [1.82, 2.24) is 19.9 Å². The van der Waals surface area contributed by atoms with Crippen LogP contribution in [0.25, 0.3) is 11.0 Å². The minimum Gasteiger partial charge on any atom is -0.376 e. The van der Waals surface area contributed by atoms with Crippen molar-refractivity contribution in [2.45, 2.75) is 26.1 Å². The number of pyridine rings is 3. The number of hydrogen-bond donors (Lipinski definition) is 2. The number of nitriles is 1. The number of aryl methyl sites for hydroxylation is 1. The number of β-amino-alcohol motifs (C(OH)–C–C–N with tert-alkyl or cyclic N) is 1. The molecule has 0 unspecified atom stereocenters. The van der Waals surface area contributed by atoms with E-state index in [0.717, 1.165) is 28.9 Å². The number of fused-ring (bicyclic) bond motifs is 1. The van der Waals surface area contributed by atoms with Crippen molar-refractivity contribution < 1.29 is 5.11 Å². The maximum Gasteiger partial charge on any atom is 0.251 e. The molecule has 1 aliphatic heterocycles. The summed E-state index contributed by atoms with van der Waals surface area (Å²) in [7, 11) is 0. The topological polar surface area (TPSA) is 109 Å². The molecule has 0 spiro atoms. The van der Waals surface area contributed by atoms with Gasteiger partial charge >= 0.3 is 0 Å². The fourth-order valence-electron chi connectivity index (χ4n) is 3.61. The number of nitrogens with one attached hydrogen (secondary N) is 1. The molecular weight excluding hydrogens is 368 g/mol. The van der Waals surface area contributed by atoms with E-state index in [0.29, 0.717) is 37.3 Å². The second-order valence-electron chi connectivity index (χ2n) is 7.16. The molecule has 4 heterocycles. The number of hydrogen-bond acceptors (Lipinski definition) is 7. The Morgan fingerprint density at radius 2 is 2.14 bits per heavy atom. The lowest BCUT2D eigenvalue weighted by molar-refractivity contribution is -0.00912. The summed E-state index contributed by atoms with van der Waals surface area (Å²) in [4.78, 5) is 27.6. The van der Waals surface area contributed by atoms with Crippen molar-refractivity contribution in [1.29, 1.82) is 5.26 Å². The molecule has 8 heteroatoms. The Morgan fingerprint density at radius 1 is 1.28 bits per heavy atom. The summed E-state index contributed by atoms with van der Waals surface area (Å²) in [6.07, 6.45) is 3.48. The van der Waals surface area contributed by atoms with Crippen molar-refractivity contribution in [3.8, 4) is 6.07 Å². The fraction of sp³-hybridized carbons (Fsp3) is 0.333. The van der Waals surface area contributed by atoms with E-state index in [-0.39, 0.29) is 5.56 Å². The second-order valence-corrected chi connectivity index (χ2v) is 7.16. The summed E-state index contributed by atoms with van der Waals surface area (Å²) >= 11 is 0. The first-order valence-electron chi connectivity index (χ1n) is 9.61. The zero-order chi connectivity index (χ0) is 20.4. The molecule has 148 valence electrons. The molecule has 0 saturated carbocycles. The third kappa shape index (κ3) is 3.97. The third-order valence-corrected chi connectivity index (χ3v) is 5.28. The molecule has 3 aromatic heterocycles. The summed E-state index contributed by atoms with van der Waals surface area (Å²) in [5.74, 6) is 0. The van der Waals surface area contributed by atoms with E-state index in [1.807, 2.05) is 36.1 Å². The number of aromatic nitrogens is 3. The number of aliphatic hydroxyl groups excluding tert-OH is 1. The van der Waals surface area contributed by atoms with Crippen LogP contribution in [0.1, 0.15) is 23.7 Å². The first-order chi connectivity index (χ1) is 14.1. The molecule has 4 rings (SSSR count). The molecule has 3 aromatic rings. The van der Waals surface area contributed by atoms with Gasteiger partial charge in [0.05, 0.1) is 29.5 Å². The van der Waals surface area contributed by atoms with Crippen LogP contribution < -0.4 is 10.5 Å². The second kappa shape index (κ2) is 7.99. The highest BCUT2D eigenvalue weighted by Crippen LogP contribution is 2.20. The van der Waals surface area contributed by atoms with Crippen LogP contribution in [0.4, 0.5) is 5.69 Å². The summed E-state index contributed by atoms with van der Waals surface area (Å²) in [6.45, 7) is 4.35. The zero-order valence-electron chi connectivity index (χ0n) is 16.2. The quantitative estimate of drug-likeness (QED) is 0.693. The standard InChI is InChI=1S/C21H22N6O2/c1-2-15-8-18-19(25-21(15)29)7-14(10-24-18)12-27-6-5-26(13-20(27)28)17-4-3-16(9-22)23-11-17/h3-4,7-8,10-11,20,28H,2,5-6,12-13H2,1H3,(H,25,29)/t20-/m0/s1. The van der Waals surface area contributed by atoms with E-state index in [2.05, 4.69) is 19.9 Å². The van der Waals surface area contributed by atoms with Crippen molar-refractivity contribution >= 4 is 16.7 Å². The number of aliphatic hydroxyl groups is 1. The molecule has 0 bridgehead atoms. The summed E-state index contributed by atoms with van der Waals surface area (Å²) in [6, 6.07) is 9.29. The van der Waals surface area contributed by atoms with Gasteiger partial charge in [-0.1, -0.05) is 6.92 Å². The number of H-pyrrole nitrogens is 1. The normalized spacial score (nSPS) is 17.4. The Hall–Kier alpha value is -3.28. The minimum absolute atomic E-state index is 0.0800. The Balaban J connectivity index is 1.46. The molecule has 29 heavy (non-hydrogen) atoms. The van der Waals surface area contributed by atoms with Crippen molar-refractivity contribution in [3.05, 3.63) is 63.8 Å². The van der Waals surface area contributed by atoms with Gasteiger partial charge in [0.2, 0.25) is 0 Å². The lowest BCUT2D eigenvalue weighted by atomic mass is 10.1. The smallest absolute Gasteiger partial charge is 0.251 e. The Kier molecular flexibility index (Phi) is 5.25. The van der Waals surface area contributed by atoms with Crippen LogP contribution in [0.5, 0.6) is 0 Å². The molecule has 0 amide bonds. The number of nitrogens with zero attached hydrogens (tertiary/aromatic N) is 5. The first kappa shape index (κ1) is 19.1. The molecule has 0 radical (unpaired) electrons. The SMILES string of the molecule is CCc1cc2ncc(CN3CCN(c4ccc(C#N)nc4)C[C@@H]3O)cc2[nH]c1=O. The highest BCUT2D eigenvalue weighted by atomic mass is 16.3. The van der Waals surface area contributed by atoms with Crippen molar-refractivity contribution in [3.63, 3.8) is 0 Å². The van der Waals surface area contributed by atoms with Crippen LogP contribution in [0.15, 0.2) is 41.5 Å². The molecule has 1 fully saturated rings. The van der Waals surface area contributed by atoms with E-state index < -0.39 is 6.23 Å². The average Bonchev–Trinajstić information content (AvgIpc) is 2.74. The highest BCUT2D eigenvalue weighted by molar-refractivity contribution is 5.74. The number of piperazine rings is 1. The van der Waals surface area contributed by atoms with Gasteiger partial charge in [0.15, 0.2) is 0 Å². The van der Waals surface area contributed by atoms with Crippen LogP contribution in [0.3, 0.4) is 0 Å². The zero-order valence-corrected chi connectivity index (χ0v) is 16.2. The van der Waals surface area contributed by atoms with E-state index >= 15 is 0 Å². The molecular formula is C21H22N6O2. The maximum atomic E-state index is 12.1. The lowest BCUT2D eigenvalue weighted by Crippen LogP contribution is -2.52. The number of anilines is 1. The highest BCUT2D eigenvalue weighted by Gasteiger charge is 2.25. The van der Waals surface area contributed by atoms with Gasteiger partial charge in [0.1, 0.15) is 18.0 Å². The van der Waals surface area contributed by atoms with Crippen LogP contribution in [0, 0.1) is 11.3 Å². The third-order valence-electron chi connectivity index (χ3n) is 5.28. The lowest BCUT2D eigenvalue weighted by Gasteiger charge is -2.39. The number of aromatic amines is 1. The maximum absolute atomic E-state index is 12.1. The van der Waals surface area contributed by atoms with Crippen LogP contribution in [-0.4, -0.2) is 50.8 Å². The van der Waals surface area contributed by atoms with Crippen LogP contribution in [-0.2, 0) is 13.0 Å².